The lowest BCUT2D eigenvalue weighted by Crippen LogP contribution is -1.94. The second kappa shape index (κ2) is 4.45. The largest absolute Gasteiger partial charge is 0.392 e. The molecule has 0 aliphatic carbocycles. The highest BCUT2D eigenvalue weighted by Crippen LogP contribution is 2.28. The molecular formula is C11H13ClO. The summed E-state index contributed by atoms with van der Waals surface area (Å²) < 4.78 is 0. The highest BCUT2D eigenvalue weighted by molar-refractivity contribution is 6.32. The molecule has 0 aliphatic heterocycles. The maximum Gasteiger partial charge on any atom is 0.0696 e. The van der Waals surface area contributed by atoms with Crippen LogP contribution in [0, 0.1) is 0 Å². The Morgan fingerprint density at radius 2 is 2.31 bits per heavy atom. The number of halogens is 1. The predicted molar refractivity (Wildman–Crippen MR) is 56.0 cm³/mol. The second-order valence-corrected chi connectivity index (χ2v) is 3.38. The average Bonchev–Trinajstić information content (AvgIpc) is 2.17. The van der Waals surface area contributed by atoms with E-state index in [-0.39, 0.29) is 12.5 Å². The molecule has 1 unspecified atom stereocenters. The fourth-order valence-corrected chi connectivity index (χ4v) is 1.56. The minimum atomic E-state index is -0.0173. The number of benzene rings is 1. The van der Waals surface area contributed by atoms with Gasteiger partial charge in [0.15, 0.2) is 0 Å². The summed E-state index contributed by atoms with van der Waals surface area (Å²) in [5.41, 5.74) is 1.79. The van der Waals surface area contributed by atoms with Crippen LogP contribution in [0.5, 0.6) is 0 Å². The minimum absolute atomic E-state index is 0.0173. The smallest absolute Gasteiger partial charge is 0.0696 e. The van der Waals surface area contributed by atoms with E-state index in [1.165, 1.54) is 0 Å². The third kappa shape index (κ3) is 2.11. The lowest BCUT2D eigenvalue weighted by molar-refractivity contribution is 0.282. The maximum atomic E-state index is 8.99. The lowest BCUT2D eigenvalue weighted by atomic mass is 9.99. The molecule has 0 aromatic heterocycles. The molecule has 0 saturated carbocycles. The first kappa shape index (κ1) is 10.3. The van der Waals surface area contributed by atoms with Crippen LogP contribution in [0.3, 0.4) is 0 Å². The van der Waals surface area contributed by atoms with Crippen molar-refractivity contribution in [1.82, 2.24) is 0 Å². The van der Waals surface area contributed by atoms with E-state index in [0.29, 0.717) is 5.02 Å². The summed E-state index contributed by atoms with van der Waals surface area (Å²) in [6, 6.07) is 5.67. The van der Waals surface area contributed by atoms with Gasteiger partial charge in [-0.1, -0.05) is 42.8 Å². The Kier molecular flexibility index (Phi) is 3.52. The van der Waals surface area contributed by atoms with Crippen LogP contribution in [-0.2, 0) is 6.61 Å². The van der Waals surface area contributed by atoms with E-state index in [1.807, 2.05) is 31.2 Å². The van der Waals surface area contributed by atoms with Crippen LogP contribution in [0.15, 0.2) is 30.9 Å². The average molecular weight is 197 g/mol. The number of rotatable bonds is 3. The highest BCUT2D eigenvalue weighted by Gasteiger charge is 2.08. The van der Waals surface area contributed by atoms with E-state index >= 15 is 0 Å². The number of aliphatic hydroxyl groups excluding tert-OH is 1. The molecule has 1 rings (SSSR count). The van der Waals surface area contributed by atoms with Gasteiger partial charge < -0.3 is 5.11 Å². The standard InChI is InChI=1S/C11H13ClO/c1-3-8(2)10-6-4-5-9(7-13)11(10)12/h3-6,8,13H,1,7H2,2H3. The molecule has 2 heteroatoms. The Morgan fingerprint density at radius 3 is 2.85 bits per heavy atom. The van der Waals surface area contributed by atoms with Crippen LogP contribution in [0.25, 0.3) is 0 Å². The van der Waals surface area contributed by atoms with E-state index in [0.717, 1.165) is 11.1 Å². The number of aliphatic hydroxyl groups is 1. The van der Waals surface area contributed by atoms with Crippen molar-refractivity contribution in [2.75, 3.05) is 0 Å². The summed E-state index contributed by atoms with van der Waals surface area (Å²) in [5, 5.41) is 9.64. The molecule has 0 spiro atoms. The first-order valence-electron chi connectivity index (χ1n) is 4.21. The zero-order valence-corrected chi connectivity index (χ0v) is 8.38. The van der Waals surface area contributed by atoms with Crippen LogP contribution in [0.4, 0.5) is 0 Å². The molecule has 1 aromatic carbocycles. The van der Waals surface area contributed by atoms with Crippen molar-refractivity contribution in [2.24, 2.45) is 0 Å². The normalized spacial score (nSPS) is 12.5. The molecule has 13 heavy (non-hydrogen) atoms. The Bertz CT molecular complexity index is 307. The summed E-state index contributed by atoms with van der Waals surface area (Å²) >= 11 is 6.07. The Balaban J connectivity index is 3.14. The van der Waals surface area contributed by atoms with Crippen molar-refractivity contribution in [3.63, 3.8) is 0 Å². The first-order chi connectivity index (χ1) is 6.20. The second-order valence-electron chi connectivity index (χ2n) is 3.00. The van der Waals surface area contributed by atoms with Crippen molar-refractivity contribution < 1.29 is 5.11 Å². The quantitative estimate of drug-likeness (QED) is 0.737. The van der Waals surface area contributed by atoms with E-state index < -0.39 is 0 Å². The summed E-state index contributed by atoms with van der Waals surface area (Å²) in [4.78, 5) is 0. The van der Waals surface area contributed by atoms with Crippen LogP contribution in [-0.4, -0.2) is 5.11 Å². The van der Waals surface area contributed by atoms with Gasteiger partial charge in [-0.25, -0.2) is 0 Å². The van der Waals surface area contributed by atoms with Gasteiger partial charge in [-0.05, 0) is 11.1 Å². The van der Waals surface area contributed by atoms with E-state index in [1.54, 1.807) is 0 Å². The molecule has 1 aromatic rings. The van der Waals surface area contributed by atoms with Gasteiger partial charge in [0.2, 0.25) is 0 Å². The number of allylic oxidation sites excluding steroid dienone is 1. The maximum absolute atomic E-state index is 8.99. The molecule has 0 aliphatic rings. The van der Waals surface area contributed by atoms with Gasteiger partial charge in [-0.2, -0.15) is 0 Å². The van der Waals surface area contributed by atoms with Crippen LogP contribution in [0.2, 0.25) is 5.02 Å². The van der Waals surface area contributed by atoms with Gasteiger partial charge >= 0.3 is 0 Å². The molecule has 0 saturated heterocycles. The zero-order valence-electron chi connectivity index (χ0n) is 7.63. The number of hydrogen-bond donors (Lipinski definition) is 1. The lowest BCUT2D eigenvalue weighted by Gasteiger charge is -2.11. The fraction of sp³-hybridized carbons (Fsp3) is 0.273. The zero-order chi connectivity index (χ0) is 9.84. The summed E-state index contributed by atoms with van der Waals surface area (Å²) in [6.45, 7) is 5.72. The third-order valence-corrected chi connectivity index (χ3v) is 2.58. The topological polar surface area (TPSA) is 20.2 Å². The van der Waals surface area contributed by atoms with Crippen molar-refractivity contribution in [1.29, 1.82) is 0 Å². The van der Waals surface area contributed by atoms with Crippen molar-refractivity contribution in [3.8, 4) is 0 Å². The van der Waals surface area contributed by atoms with Gasteiger partial charge in [-0.15, -0.1) is 6.58 Å². The minimum Gasteiger partial charge on any atom is -0.392 e. The van der Waals surface area contributed by atoms with Gasteiger partial charge in [0, 0.05) is 10.9 Å². The molecule has 70 valence electrons. The van der Waals surface area contributed by atoms with Crippen molar-refractivity contribution in [2.45, 2.75) is 19.4 Å². The Labute approximate surface area is 83.7 Å². The third-order valence-electron chi connectivity index (χ3n) is 2.12. The molecule has 1 nitrogen and oxygen atoms in total. The van der Waals surface area contributed by atoms with Crippen molar-refractivity contribution >= 4 is 11.6 Å². The summed E-state index contributed by atoms with van der Waals surface area (Å²) in [6.07, 6.45) is 1.84. The molecule has 0 radical (unpaired) electrons. The SMILES string of the molecule is C=CC(C)c1cccc(CO)c1Cl. The first-order valence-corrected chi connectivity index (χ1v) is 4.59. The van der Waals surface area contributed by atoms with Crippen LogP contribution in [0.1, 0.15) is 24.0 Å². The molecule has 0 heterocycles. The van der Waals surface area contributed by atoms with Gasteiger partial charge in [0.05, 0.1) is 6.61 Å². The summed E-state index contributed by atoms with van der Waals surface area (Å²) in [7, 11) is 0. The van der Waals surface area contributed by atoms with E-state index in [2.05, 4.69) is 6.58 Å². The van der Waals surface area contributed by atoms with Crippen molar-refractivity contribution in [3.05, 3.63) is 47.0 Å². The van der Waals surface area contributed by atoms with Crippen LogP contribution >= 0.6 is 11.6 Å². The molecule has 0 fully saturated rings. The molecule has 0 amide bonds. The van der Waals surface area contributed by atoms with Gasteiger partial charge in [0.1, 0.15) is 0 Å². The van der Waals surface area contributed by atoms with Gasteiger partial charge in [-0.3, -0.25) is 0 Å². The van der Waals surface area contributed by atoms with E-state index in [9.17, 15) is 0 Å². The fourth-order valence-electron chi connectivity index (χ4n) is 1.20. The number of hydrogen-bond acceptors (Lipinski definition) is 1. The predicted octanol–water partition coefficient (Wildman–Crippen LogP) is 3.12. The summed E-state index contributed by atoms with van der Waals surface area (Å²) in [5.74, 6) is 0.221. The molecular weight excluding hydrogens is 184 g/mol. The van der Waals surface area contributed by atoms with E-state index in [4.69, 9.17) is 16.7 Å². The molecule has 1 N–H and O–H groups in total. The molecule has 0 bridgehead atoms. The monoisotopic (exact) mass is 196 g/mol. The Morgan fingerprint density at radius 1 is 1.62 bits per heavy atom. The van der Waals surface area contributed by atoms with Gasteiger partial charge in [0.25, 0.3) is 0 Å². The van der Waals surface area contributed by atoms with Crippen LogP contribution < -0.4 is 0 Å². The Hall–Kier alpha value is -0.790. The highest BCUT2D eigenvalue weighted by atomic mass is 35.5. The molecule has 1 atom stereocenters.